The number of hydrogen-bond donors (Lipinski definition) is 0. The van der Waals surface area contributed by atoms with Crippen molar-refractivity contribution in [3.63, 3.8) is 0 Å². The Bertz CT molecular complexity index is 420. The highest BCUT2D eigenvalue weighted by Gasteiger charge is 2.25. The van der Waals surface area contributed by atoms with Crippen molar-refractivity contribution in [3.05, 3.63) is 35.4 Å². The van der Waals surface area contributed by atoms with Crippen LogP contribution in [0.4, 0.5) is 0 Å². The van der Waals surface area contributed by atoms with Gasteiger partial charge in [-0.3, -0.25) is 4.79 Å². The van der Waals surface area contributed by atoms with Crippen LogP contribution in [0.25, 0.3) is 0 Å². The summed E-state index contributed by atoms with van der Waals surface area (Å²) in [6.07, 6.45) is 1.27. The van der Waals surface area contributed by atoms with Crippen LogP contribution in [0.5, 0.6) is 0 Å². The van der Waals surface area contributed by atoms with Crippen molar-refractivity contribution in [2.75, 3.05) is 6.54 Å². The van der Waals surface area contributed by atoms with Crippen molar-refractivity contribution in [1.29, 1.82) is 5.26 Å². The number of nitriles is 1. The van der Waals surface area contributed by atoms with Crippen LogP contribution < -0.4 is 0 Å². The molecule has 1 aliphatic heterocycles. The first kappa shape index (κ1) is 9.72. The van der Waals surface area contributed by atoms with Gasteiger partial charge in [0.2, 0.25) is 0 Å². The summed E-state index contributed by atoms with van der Waals surface area (Å²) < 4.78 is 0. The van der Waals surface area contributed by atoms with E-state index in [1.165, 1.54) is 0 Å². The molecule has 0 N–H and O–H groups in total. The maximum absolute atomic E-state index is 11.8. The maximum atomic E-state index is 11.8. The molecule has 15 heavy (non-hydrogen) atoms. The summed E-state index contributed by atoms with van der Waals surface area (Å²) >= 11 is 0. The lowest BCUT2D eigenvalue weighted by atomic mass is 10.1. The summed E-state index contributed by atoms with van der Waals surface area (Å²) in [5.41, 5.74) is 1.91. The lowest BCUT2D eigenvalue weighted by Crippen LogP contribution is -2.24. The minimum Gasteiger partial charge on any atom is -0.334 e. The Hall–Kier alpha value is -1.82. The molecule has 0 bridgehead atoms. The summed E-state index contributed by atoms with van der Waals surface area (Å²) in [4.78, 5) is 13.6. The zero-order valence-corrected chi connectivity index (χ0v) is 8.44. The molecule has 0 spiro atoms. The summed E-state index contributed by atoms with van der Waals surface area (Å²) in [5, 5.41) is 8.43. The third-order valence-corrected chi connectivity index (χ3v) is 2.61. The Morgan fingerprint density at radius 1 is 1.40 bits per heavy atom. The van der Waals surface area contributed by atoms with Crippen molar-refractivity contribution < 1.29 is 4.79 Å². The van der Waals surface area contributed by atoms with E-state index in [9.17, 15) is 4.79 Å². The Balaban J connectivity index is 2.04. The van der Waals surface area contributed by atoms with Gasteiger partial charge in [0.25, 0.3) is 5.91 Å². The Kier molecular flexibility index (Phi) is 2.68. The predicted octanol–water partition coefficient (Wildman–Crippen LogP) is 1.95. The fourth-order valence-electron chi connectivity index (χ4n) is 1.84. The van der Waals surface area contributed by atoms with Gasteiger partial charge in [0.05, 0.1) is 6.07 Å². The molecule has 0 fully saturated rings. The molecule has 1 heterocycles. The van der Waals surface area contributed by atoms with Crippen molar-refractivity contribution in [1.82, 2.24) is 4.90 Å². The molecule has 0 aliphatic carbocycles. The largest absolute Gasteiger partial charge is 0.334 e. The zero-order chi connectivity index (χ0) is 10.7. The first-order valence-electron chi connectivity index (χ1n) is 5.07. The molecule has 0 radical (unpaired) electrons. The van der Waals surface area contributed by atoms with Gasteiger partial charge in [-0.15, -0.1) is 0 Å². The van der Waals surface area contributed by atoms with E-state index in [0.717, 1.165) is 17.5 Å². The standard InChI is InChI=1S/C12H12N2O/c13-7-3-4-8-14-9-10-5-1-2-6-11(10)12(14)15/h1-2,5-6H,3-4,8-9H2. The highest BCUT2D eigenvalue weighted by atomic mass is 16.2. The fraction of sp³-hybridized carbons (Fsp3) is 0.333. The van der Waals surface area contributed by atoms with Gasteiger partial charge in [-0.25, -0.2) is 0 Å². The molecule has 1 aromatic rings. The average Bonchev–Trinajstić information content (AvgIpc) is 2.57. The fourth-order valence-corrected chi connectivity index (χ4v) is 1.84. The summed E-state index contributed by atoms with van der Waals surface area (Å²) in [6.45, 7) is 1.38. The topological polar surface area (TPSA) is 44.1 Å². The molecular weight excluding hydrogens is 188 g/mol. The number of rotatable bonds is 3. The van der Waals surface area contributed by atoms with Gasteiger partial charge >= 0.3 is 0 Å². The Morgan fingerprint density at radius 3 is 2.93 bits per heavy atom. The van der Waals surface area contributed by atoms with Gasteiger partial charge in [-0.05, 0) is 18.1 Å². The minimum atomic E-state index is 0.100. The van der Waals surface area contributed by atoms with Gasteiger partial charge < -0.3 is 4.90 Å². The molecule has 0 aromatic heterocycles. The van der Waals surface area contributed by atoms with Crippen LogP contribution in [0.3, 0.4) is 0 Å². The molecule has 1 amide bonds. The lowest BCUT2D eigenvalue weighted by molar-refractivity contribution is 0.0777. The Labute approximate surface area is 88.9 Å². The van der Waals surface area contributed by atoms with Gasteiger partial charge in [0.15, 0.2) is 0 Å². The minimum absolute atomic E-state index is 0.100. The van der Waals surface area contributed by atoms with Crippen LogP contribution in [0.2, 0.25) is 0 Å². The van der Waals surface area contributed by atoms with Crippen LogP contribution >= 0.6 is 0 Å². The second-order valence-corrected chi connectivity index (χ2v) is 3.65. The van der Waals surface area contributed by atoms with Crippen molar-refractivity contribution in [2.45, 2.75) is 19.4 Å². The van der Waals surface area contributed by atoms with Crippen LogP contribution in [0.15, 0.2) is 24.3 Å². The first-order chi connectivity index (χ1) is 7.33. The van der Waals surface area contributed by atoms with E-state index in [4.69, 9.17) is 5.26 Å². The predicted molar refractivity (Wildman–Crippen MR) is 56.0 cm³/mol. The third-order valence-electron chi connectivity index (χ3n) is 2.61. The van der Waals surface area contributed by atoms with E-state index in [1.54, 1.807) is 0 Å². The molecule has 1 aromatic carbocycles. The molecule has 0 unspecified atom stereocenters. The highest BCUT2D eigenvalue weighted by Crippen LogP contribution is 2.22. The van der Waals surface area contributed by atoms with E-state index in [1.807, 2.05) is 29.2 Å². The molecule has 2 rings (SSSR count). The van der Waals surface area contributed by atoms with Gasteiger partial charge in [0.1, 0.15) is 0 Å². The summed E-state index contributed by atoms with van der Waals surface area (Å²) in [5.74, 6) is 0.100. The number of benzene rings is 1. The van der Waals surface area contributed by atoms with E-state index < -0.39 is 0 Å². The number of fused-ring (bicyclic) bond motifs is 1. The van der Waals surface area contributed by atoms with E-state index in [2.05, 4.69) is 6.07 Å². The zero-order valence-electron chi connectivity index (χ0n) is 8.44. The Morgan fingerprint density at radius 2 is 2.20 bits per heavy atom. The number of hydrogen-bond acceptors (Lipinski definition) is 2. The monoisotopic (exact) mass is 200 g/mol. The van der Waals surface area contributed by atoms with Crippen LogP contribution in [0.1, 0.15) is 28.8 Å². The normalized spacial score (nSPS) is 13.8. The highest BCUT2D eigenvalue weighted by molar-refractivity contribution is 5.98. The van der Waals surface area contributed by atoms with Gasteiger partial charge in [0, 0.05) is 25.1 Å². The van der Waals surface area contributed by atoms with Crippen LogP contribution in [-0.2, 0) is 6.54 Å². The molecule has 1 aliphatic rings. The number of carbonyl (C=O) groups is 1. The molecule has 0 atom stereocenters. The second-order valence-electron chi connectivity index (χ2n) is 3.65. The van der Waals surface area contributed by atoms with E-state index >= 15 is 0 Å². The summed E-state index contributed by atoms with van der Waals surface area (Å²) in [6, 6.07) is 9.77. The SMILES string of the molecule is N#CCCCN1Cc2ccccc2C1=O. The number of nitrogens with zero attached hydrogens (tertiary/aromatic N) is 2. The second kappa shape index (κ2) is 4.14. The van der Waals surface area contributed by atoms with Crippen molar-refractivity contribution in [3.8, 4) is 6.07 Å². The number of carbonyl (C=O) groups excluding carboxylic acids is 1. The smallest absolute Gasteiger partial charge is 0.254 e. The number of unbranched alkanes of at least 4 members (excludes halogenated alkanes) is 1. The molecular formula is C12H12N2O. The lowest BCUT2D eigenvalue weighted by Gasteiger charge is -2.13. The quantitative estimate of drug-likeness (QED) is 0.700. The van der Waals surface area contributed by atoms with E-state index in [0.29, 0.717) is 19.5 Å². The average molecular weight is 200 g/mol. The molecule has 0 saturated carbocycles. The molecule has 3 heteroatoms. The maximum Gasteiger partial charge on any atom is 0.254 e. The van der Waals surface area contributed by atoms with Crippen molar-refractivity contribution in [2.24, 2.45) is 0 Å². The van der Waals surface area contributed by atoms with Gasteiger partial charge in [-0.1, -0.05) is 18.2 Å². The summed E-state index contributed by atoms with van der Waals surface area (Å²) in [7, 11) is 0. The van der Waals surface area contributed by atoms with Gasteiger partial charge in [-0.2, -0.15) is 5.26 Å². The third kappa shape index (κ3) is 1.84. The van der Waals surface area contributed by atoms with Crippen molar-refractivity contribution >= 4 is 5.91 Å². The van der Waals surface area contributed by atoms with Crippen LogP contribution in [0, 0.1) is 11.3 Å². The molecule has 76 valence electrons. The first-order valence-corrected chi connectivity index (χ1v) is 5.07. The molecule has 0 saturated heterocycles. The van der Waals surface area contributed by atoms with E-state index in [-0.39, 0.29) is 5.91 Å². The molecule has 3 nitrogen and oxygen atoms in total. The number of amides is 1. The van der Waals surface area contributed by atoms with Crippen LogP contribution in [-0.4, -0.2) is 17.4 Å².